The fraction of sp³-hybridized carbons (Fsp3) is 0.417. The van der Waals surface area contributed by atoms with Crippen LogP contribution in [-0.4, -0.2) is 17.1 Å². The maximum Gasteiger partial charge on any atom is 0.336 e. The molecule has 0 aliphatic heterocycles. The van der Waals surface area contributed by atoms with E-state index in [4.69, 9.17) is 10.8 Å². The van der Waals surface area contributed by atoms with E-state index >= 15 is 0 Å². The molecule has 0 saturated carbocycles. The lowest BCUT2D eigenvalue weighted by Crippen LogP contribution is -2.14. The molecule has 0 heterocycles. The van der Waals surface area contributed by atoms with Crippen molar-refractivity contribution >= 4 is 17.3 Å². The average molecular weight is 222 g/mol. The van der Waals surface area contributed by atoms with Crippen molar-refractivity contribution in [1.29, 1.82) is 0 Å². The van der Waals surface area contributed by atoms with Crippen LogP contribution in [0, 0.1) is 0 Å². The van der Waals surface area contributed by atoms with E-state index in [1.807, 2.05) is 20.8 Å². The van der Waals surface area contributed by atoms with Gasteiger partial charge in [-0.1, -0.05) is 6.92 Å². The number of anilines is 2. The normalized spacial score (nSPS) is 10.5. The largest absolute Gasteiger partial charge is 0.478 e. The number of carboxylic acids is 1. The summed E-state index contributed by atoms with van der Waals surface area (Å²) in [5, 5.41) is 12.2. The van der Waals surface area contributed by atoms with Crippen LogP contribution in [-0.2, 0) is 6.42 Å². The maximum atomic E-state index is 11.0. The number of carboxylic acid groups (broad SMARTS) is 1. The van der Waals surface area contributed by atoms with Crippen molar-refractivity contribution in [3.63, 3.8) is 0 Å². The summed E-state index contributed by atoms with van der Waals surface area (Å²) in [5.74, 6) is -0.931. The van der Waals surface area contributed by atoms with E-state index in [-0.39, 0.29) is 11.6 Å². The summed E-state index contributed by atoms with van der Waals surface area (Å²) in [6.07, 6.45) is 0.612. The third kappa shape index (κ3) is 2.45. The van der Waals surface area contributed by atoms with Gasteiger partial charge in [-0.3, -0.25) is 0 Å². The van der Waals surface area contributed by atoms with Gasteiger partial charge in [0.15, 0.2) is 0 Å². The fourth-order valence-electron chi connectivity index (χ4n) is 1.68. The summed E-state index contributed by atoms with van der Waals surface area (Å²) in [7, 11) is 0. The molecule has 1 aromatic rings. The summed E-state index contributed by atoms with van der Waals surface area (Å²) in [6, 6.07) is 3.59. The van der Waals surface area contributed by atoms with Crippen LogP contribution >= 0.6 is 0 Å². The molecular formula is C12H18N2O2. The van der Waals surface area contributed by atoms with Crippen molar-refractivity contribution in [1.82, 2.24) is 0 Å². The van der Waals surface area contributed by atoms with Crippen LogP contribution in [0.15, 0.2) is 12.1 Å². The monoisotopic (exact) mass is 222 g/mol. The van der Waals surface area contributed by atoms with Gasteiger partial charge >= 0.3 is 5.97 Å². The molecule has 1 rings (SSSR count). The van der Waals surface area contributed by atoms with Gasteiger partial charge in [-0.2, -0.15) is 0 Å². The zero-order valence-corrected chi connectivity index (χ0v) is 9.87. The van der Waals surface area contributed by atoms with Crippen molar-refractivity contribution in [2.45, 2.75) is 33.2 Å². The van der Waals surface area contributed by atoms with Crippen LogP contribution in [0.2, 0.25) is 0 Å². The minimum atomic E-state index is -0.931. The van der Waals surface area contributed by atoms with Gasteiger partial charge in [0.2, 0.25) is 0 Å². The SMILES string of the molecule is CCc1c(C(=O)O)ccc(NC(C)C)c1N. The van der Waals surface area contributed by atoms with Crippen molar-refractivity contribution in [2.75, 3.05) is 11.1 Å². The highest BCUT2D eigenvalue weighted by atomic mass is 16.4. The molecule has 0 aliphatic rings. The van der Waals surface area contributed by atoms with Crippen LogP contribution in [0.25, 0.3) is 0 Å². The predicted molar refractivity (Wildman–Crippen MR) is 66.0 cm³/mol. The van der Waals surface area contributed by atoms with Crippen molar-refractivity contribution in [3.05, 3.63) is 23.3 Å². The van der Waals surface area contributed by atoms with Crippen LogP contribution in [0.3, 0.4) is 0 Å². The molecule has 16 heavy (non-hydrogen) atoms. The van der Waals surface area contributed by atoms with Crippen LogP contribution in [0.1, 0.15) is 36.7 Å². The Balaban J connectivity index is 3.23. The number of nitrogens with two attached hydrogens (primary N) is 1. The average Bonchev–Trinajstić information content (AvgIpc) is 2.19. The lowest BCUT2D eigenvalue weighted by molar-refractivity contribution is 0.0696. The molecule has 0 atom stereocenters. The first-order valence-electron chi connectivity index (χ1n) is 5.38. The number of rotatable bonds is 4. The Kier molecular flexibility index (Phi) is 3.77. The van der Waals surface area contributed by atoms with Crippen molar-refractivity contribution in [3.8, 4) is 0 Å². The molecular weight excluding hydrogens is 204 g/mol. The van der Waals surface area contributed by atoms with Gasteiger partial charge in [-0.25, -0.2) is 4.79 Å². The number of hydrogen-bond acceptors (Lipinski definition) is 3. The standard InChI is InChI=1S/C12H18N2O2/c1-4-8-9(12(15)16)5-6-10(11(8)13)14-7(2)3/h5-7,14H,4,13H2,1-3H3,(H,15,16). The lowest BCUT2D eigenvalue weighted by Gasteiger charge is -2.16. The molecule has 88 valence electrons. The number of hydrogen-bond donors (Lipinski definition) is 3. The highest BCUT2D eigenvalue weighted by Crippen LogP contribution is 2.27. The fourth-order valence-corrected chi connectivity index (χ4v) is 1.68. The molecule has 0 unspecified atom stereocenters. The molecule has 0 aliphatic carbocycles. The van der Waals surface area contributed by atoms with E-state index in [1.165, 1.54) is 0 Å². The molecule has 0 fully saturated rings. The molecule has 0 amide bonds. The molecule has 0 aromatic heterocycles. The first kappa shape index (κ1) is 12.4. The Bertz CT molecular complexity index is 400. The van der Waals surface area contributed by atoms with Gasteiger partial charge in [0.05, 0.1) is 16.9 Å². The maximum absolute atomic E-state index is 11.0. The zero-order valence-electron chi connectivity index (χ0n) is 9.87. The number of aromatic carboxylic acids is 1. The third-order valence-electron chi connectivity index (χ3n) is 2.39. The van der Waals surface area contributed by atoms with Gasteiger partial charge in [0, 0.05) is 6.04 Å². The molecule has 0 saturated heterocycles. The summed E-state index contributed by atoms with van der Waals surface area (Å²) in [4.78, 5) is 11.0. The molecule has 4 heteroatoms. The Morgan fingerprint density at radius 3 is 2.56 bits per heavy atom. The third-order valence-corrected chi connectivity index (χ3v) is 2.39. The number of carbonyl (C=O) groups is 1. The molecule has 0 bridgehead atoms. The highest BCUT2D eigenvalue weighted by Gasteiger charge is 2.14. The lowest BCUT2D eigenvalue weighted by atomic mass is 10.0. The topological polar surface area (TPSA) is 75.3 Å². The van der Waals surface area contributed by atoms with E-state index in [0.717, 1.165) is 5.69 Å². The van der Waals surface area contributed by atoms with Crippen LogP contribution in [0.5, 0.6) is 0 Å². The van der Waals surface area contributed by atoms with Gasteiger partial charge in [-0.15, -0.1) is 0 Å². The second-order valence-corrected chi connectivity index (χ2v) is 4.01. The van der Waals surface area contributed by atoms with E-state index in [0.29, 0.717) is 17.7 Å². The van der Waals surface area contributed by atoms with Gasteiger partial charge in [0.1, 0.15) is 0 Å². The molecule has 1 aromatic carbocycles. The first-order chi connectivity index (χ1) is 7.47. The second kappa shape index (κ2) is 4.88. The molecule has 0 radical (unpaired) electrons. The minimum Gasteiger partial charge on any atom is -0.478 e. The summed E-state index contributed by atoms with van der Waals surface area (Å²) in [6.45, 7) is 5.92. The Labute approximate surface area is 95.5 Å². The van der Waals surface area contributed by atoms with Gasteiger partial charge in [0.25, 0.3) is 0 Å². The summed E-state index contributed by atoms with van der Waals surface area (Å²) in [5.41, 5.74) is 8.27. The minimum absolute atomic E-state index is 0.266. The second-order valence-electron chi connectivity index (χ2n) is 4.01. The molecule has 4 nitrogen and oxygen atoms in total. The zero-order chi connectivity index (χ0) is 12.3. The van der Waals surface area contributed by atoms with E-state index in [2.05, 4.69) is 5.32 Å². The van der Waals surface area contributed by atoms with E-state index in [1.54, 1.807) is 12.1 Å². The molecule has 0 spiro atoms. The number of nitrogens with one attached hydrogen (secondary N) is 1. The Morgan fingerprint density at radius 1 is 1.50 bits per heavy atom. The predicted octanol–water partition coefficient (Wildman–Crippen LogP) is 2.35. The molecule has 4 N–H and O–H groups in total. The smallest absolute Gasteiger partial charge is 0.336 e. The highest BCUT2D eigenvalue weighted by molar-refractivity contribution is 5.93. The van der Waals surface area contributed by atoms with E-state index in [9.17, 15) is 4.79 Å². The number of benzene rings is 1. The van der Waals surface area contributed by atoms with Crippen LogP contribution in [0.4, 0.5) is 11.4 Å². The summed E-state index contributed by atoms with van der Waals surface area (Å²) < 4.78 is 0. The number of nitrogen functional groups attached to an aromatic ring is 1. The van der Waals surface area contributed by atoms with Gasteiger partial charge in [-0.05, 0) is 38.0 Å². The Hall–Kier alpha value is -1.71. The quantitative estimate of drug-likeness (QED) is 0.683. The van der Waals surface area contributed by atoms with Gasteiger partial charge < -0.3 is 16.2 Å². The summed E-state index contributed by atoms with van der Waals surface area (Å²) >= 11 is 0. The van der Waals surface area contributed by atoms with E-state index < -0.39 is 5.97 Å². The van der Waals surface area contributed by atoms with Crippen molar-refractivity contribution in [2.24, 2.45) is 0 Å². The van der Waals surface area contributed by atoms with Crippen molar-refractivity contribution < 1.29 is 9.90 Å². The van der Waals surface area contributed by atoms with Crippen LogP contribution < -0.4 is 11.1 Å². The first-order valence-corrected chi connectivity index (χ1v) is 5.38. The Morgan fingerprint density at radius 2 is 2.12 bits per heavy atom.